The largest absolute Gasteiger partial charge is 0.394 e. The minimum Gasteiger partial charge on any atom is -0.394 e. The molecule has 1 aromatic carbocycles. The van der Waals surface area contributed by atoms with Crippen LogP contribution in [0.1, 0.15) is 31.9 Å². The van der Waals surface area contributed by atoms with Gasteiger partial charge in [0.1, 0.15) is 0 Å². The van der Waals surface area contributed by atoms with Crippen LogP contribution in [0.5, 0.6) is 0 Å². The molecule has 0 fully saturated rings. The Labute approximate surface area is 115 Å². The van der Waals surface area contributed by atoms with Crippen LogP contribution in [-0.4, -0.2) is 37.1 Å². The highest BCUT2D eigenvalue weighted by atomic mass is 32.2. The van der Waals surface area contributed by atoms with Gasteiger partial charge in [-0.25, -0.2) is 8.42 Å². The van der Waals surface area contributed by atoms with Crippen molar-refractivity contribution in [2.75, 3.05) is 12.4 Å². The molecule has 19 heavy (non-hydrogen) atoms. The number of benzene rings is 1. The molecule has 1 rings (SSSR count). The first kappa shape index (κ1) is 16.1. The molecule has 5 heteroatoms. The van der Waals surface area contributed by atoms with Gasteiger partial charge in [0.25, 0.3) is 0 Å². The number of rotatable bonds is 5. The summed E-state index contributed by atoms with van der Waals surface area (Å²) in [6.07, 6.45) is -1.21. The van der Waals surface area contributed by atoms with Crippen LogP contribution in [0.15, 0.2) is 24.3 Å². The fourth-order valence-electron chi connectivity index (χ4n) is 1.76. The molecular formula is C14H22O4S. The second-order valence-corrected chi connectivity index (χ2v) is 7.95. The highest BCUT2D eigenvalue weighted by Gasteiger charge is 2.18. The second-order valence-electron chi connectivity index (χ2n) is 5.84. The average Bonchev–Trinajstić information content (AvgIpc) is 2.27. The smallest absolute Gasteiger partial charge is 0.157 e. The van der Waals surface area contributed by atoms with E-state index in [1.54, 1.807) is 12.1 Å². The van der Waals surface area contributed by atoms with Crippen molar-refractivity contribution in [1.82, 2.24) is 0 Å². The number of aliphatic hydroxyl groups is 2. The van der Waals surface area contributed by atoms with Crippen LogP contribution in [0.4, 0.5) is 0 Å². The zero-order valence-corrected chi connectivity index (χ0v) is 12.4. The van der Waals surface area contributed by atoms with E-state index in [1.807, 2.05) is 12.1 Å². The minimum absolute atomic E-state index is 0.0322. The molecule has 0 bridgehead atoms. The van der Waals surface area contributed by atoms with Gasteiger partial charge in [0.05, 0.1) is 24.2 Å². The summed E-state index contributed by atoms with van der Waals surface area (Å²) in [7, 11) is -3.40. The Morgan fingerprint density at radius 2 is 1.68 bits per heavy atom. The zero-order chi connectivity index (χ0) is 14.7. The van der Waals surface area contributed by atoms with E-state index in [4.69, 9.17) is 5.11 Å². The van der Waals surface area contributed by atoms with E-state index < -0.39 is 28.3 Å². The van der Waals surface area contributed by atoms with E-state index in [0.29, 0.717) is 5.56 Å². The summed E-state index contributed by atoms with van der Waals surface area (Å²) in [4.78, 5) is 0. The minimum atomic E-state index is -3.40. The Morgan fingerprint density at radius 1 is 1.16 bits per heavy atom. The zero-order valence-electron chi connectivity index (χ0n) is 11.6. The molecule has 0 aliphatic rings. The van der Waals surface area contributed by atoms with Crippen molar-refractivity contribution in [2.24, 2.45) is 0 Å². The highest BCUT2D eigenvalue weighted by Crippen LogP contribution is 2.22. The standard InChI is InChI=1S/C14H22O4S/c1-14(2,3)12-6-4-11(5-7-12)9-19(17,18)10-13(16)8-15/h4-7,13,15-16H,8-10H2,1-3H3/t13-/m0/s1. The van der Waals surface area contributed by atoms with Crippen LogP contribution < -0.4 is 0 Å². The van der Waals surface area contributed by atoms with Crippen LogP contribution in [0.25, 0.3) is 0 Å². The van der Waals surface area contributed by atoms with E-state index in [9.17, 15) is 13.5 Å². The maximum Gasteiger partial charge on any atom is 0.157 e. The summed E-state index contributed by atoms with van der Waals surface area (Å²) >= 11 is 0. The Hall–Kier alpha value is -0.910. The molecule has 1 aromatic rings. The first-order valence-corrected chi connectivity index (χ1v) is 8.05. The van der Waals surface area contributed by atoms with Gasteiger partial charge in [-0.2, -0.15) is 0 Å². The average molecular weight is 286 g/mol. The van der Waals surface area contributed by atoms with Crippen molar-refractivity contribution in [3.8, 4) is 0 Å². The molecule has 2 N–H and O–H groups in total. The van der Waals surface area contributed by atoms with Crippen LogP contribution in [-0.2, 0) is 21.0 Å². The maximum atomic E-state index is 11.8. The van der Waals surface area contributed by atoms with Crippen LogP contribution >= 0.6 is 0 Å². The predicted molar refractivity (Wildman–Crippen MR) is 75.7 cm³/mol. The lowest BCUT2D eigenvalue weighted by Gasteiger charge is -2.19. The van der Waals surface area contributed by atoms with Gasteiger partial charge in [0.2, 0.25) is 0 Å². The summed E-state index contributed by atoms with van der Waals surface area (Å²) in [5.41, 5.74) is 1.87. The third kappa shape index (κ3) is 5.30. The lowest BCUT2D eigenvalue weighted by molar-refractivity contribution is 0.112. The van der Waals surface area contributed by atoms with Crippen LogP contribution in [0, 0.1) is 0 Å². The molecule has 108 valence electrons. The summed E-state index contributed by atoms with van der Waals surface area (Å²) < 4.78 is 23.6. The Morgan fingerprint density at radius 3 is 2.11 bits per heavy atom. The van der Waals surface area contributed by atoms with Crippen molar-refractivity contribution in [3.05, 3.63) is 35.4 Å². The van der Waals surface area contributed by atoms with E-state index in [0.717, 1.165) is 5.56 Å². The van der Waals surface area contributed by atoms with Crippen molar-refractivity contribution in [3.63, 3.8) is 0 Å². The van der Waals surface area contributed by atoms with Gasteiger partial charge < -0.3 is 10.2 Å². The number of hydrogen-bond donors (Lipinski definition) is 2. The third-order valence-electron chi connectivity index (χ3n) is 2.86. The normalized spacial score (nSPS) is 14.4. The Bertz CT molecular complexity index is 497. The molecular weight excluding hydrogens is 264 g/mol. The molecule has 0 unspecified atom stereocenters. The summed E-state index contributed by atoms with van der Waals surface area (Å²) in [5.74, 6) is -0.529. The molecule has 0 spiro atoms. The highest BCUT2D eigenvalue weighted by molar-refractivity contribution is 7.90. The van der Waals surface area contributed by atoms with Gasteiger partial charge >= 0.3 is 0 Å². The van der Waals surface area contributed by atoms with Gasteiger partial charge in [-0.1, -0.05) is 45.0 Å². The van der Waals surface area contributed by atoms with Crippen molar-refractivity contribution >= 4 is 9.84 Å². The summed E-state index contributed by atoms with van der Waals surface area (Å²) in [5, 5.41) is 17.9. The quantitative estimate of drug-likeness (QED) is 0.854. The Balaban J connectivity index is 2.78. The van der Waals surface area contributed by atoms with Gasteiger partial charge in [0, 0.05) is 0 Å². The Kier molecular flexibility index (Phi) is 5.12. The van der Waals surface area contributed by atoms with Crippen molar-refractivity contribution < 1.29 is 18.6 Å². The third-order valence-corrected chi connectivity index (χ3v) is 4.53. The van der Waals surface area contributed by atoms with Gasteiger partial charge in [-0.15, -0.1) is 0 Å². The molecule has 0 saturated carbocycles. The van der Waals surface area contributed by atoms with Gasteiger partial charge in [-0.3, -0.25) is 0 Å². The first-order chi connectivity index (χ1) is 8.64. The van der Waals surface area contributed by atoms with Gasteiger partial charge in [0.15, 0.2) is 9.84 Å². The van der Waals surface area contributed by atoms with Crippen LogP contribution in [0.3, 0.4) is 0 Å². The lowest BCUT2D eigenvalue weighted by Crippen LogP contribution is -2.25. The molecule has 0 radical (unpaired) electrons. The summed E-state index contributed by atoms with van der Waals surface area (Å²) in [6, 6.07) is 7.44. The number of sulfone groups is 1. The van der Waals surface area contributed by atoms with E-state index >= 15 is 0 Å². The molecule has 0 aliphatic heterocycles. The predicted octanol–water partition coefficient (Wildman–Crippen LogP) is 1.25. The SMILES string of the molecule is CC(C)(C)c1ccc(CS(=O)(=O)C[C@@H](O)CO)cc1. The molecule has 4 nitrogen and oxygen atoms in total. The monoisotopic (exact) mass is 286 g/mol. The molecule has 0 amide bonds. The lowest BCUT2D eigenvalue weighted by atomic mass is 9.87. The topological polar surface area (TPSA) is 74.6 Å². The van der Waals surface area contributed by atoms with Crippen molar-refractivity contribution in [1.29, 1.82) is 0 Å². The number of hydrogen-bond acceptors (Lipinski definition) is 4. The molecule has 1 atom stereocenters. The summed E-state index contributed by atoms with van der Waals surface area (Å²) in [6.45, 7) is 5.74. The molecule has 0 saturated heterocycles. The van der Waals surface area contributed by atoms with Gasteiger partial charge in [-0.05, 0) is 16.5 Å². The van der Waals surface area contributed by atoms with Crippen molar-refractivity contribution in [2.45, 2.75) is 38.0 Å². The van der Waals surface area contributed by atoms with Crippen LogP contribution in [0.2, 0.25) is 0 Å². The fourth-order valence-corrected chi connectivity index (χ4v) is 3.27. The fraction of sp³-hybridized carbons (Fsp3) is 0.571. The molecule has 0 aliphatic carbocycles. The second kappa shape index (κ2) is 6.03. The maximum absolute atomic E-state index is 11.8. The first-order valence-electron chi connectivity index (χ1n) is 6.23. The number of aliphatic hydroxyl groups excluding tert-OH is 2. The molecule has 0 aromatic heterocycles. The van der Waals surface area contributed by atoms with E-state index in [1.165, 1.54) is 0 Å². The van der Waals surface area contributed by atoms with E-state index in [2.05, 4.69) is 20.8 Å². The van der Waals surface area contributed by atoms with E-state index in [-0.39, 0.29) is 11.2 Å². The molecule has 0 heterocycles.